The summed E-state index contributed by atoms with van der Waals surface area (Å²) in [6.07, 6.45) is 10.8. The molecular formula is C25H36O5. The van der Waals surface area contributed by atoms with Gasteiger partial charge in [0.25, 0.3) is 0 Å². The Morgan fingerprint density at radius 2 is 1.60 bits per heavy atom. The lowest BCUT2D eigenvalue weighted by atomic mass is 9.49. The van der Waals surface area contributed by atoms with Crippen LogP contribution in [-0.2, 0) is 23.7 Å². The molecular weight excluding hydrogens is 380 g/mol. The Morgan fingerprint density at radius 1 is 0.867 bits per heavy atom. The lowest BCUT2D eigenvalue weighted by molar-refractivity contribution is -0.296. The van der Waals surface area contributed by atoms with Crippen LogP contribution in [0, 0.1) is 39.9 Å². The van der Waals surface area contributed by atoms with Gasteiger partial charge in [-0.15, -0.1) is 0 Å². The van der Waals surface area contributed by atoms with Gasteiger partial charge in [0, 0.05) is 30.6 Å². The van der Waals surface area contributed by atoms with Gasteiger partial charge < -0.3 is 18.9 Å². The molecule has 0 N–H and O–H groups in total. The minimum atomic E-state index is -0.341. The van der Waals surface area contributed by atoms with Gasteiger partial charge in [-0.25, -0.2) is 0 Å². The van der Waals surface area contributed by atoms with Gasteiger partial charge in [-0.1, -0.05) is 6.92 Å². The first-order chi connectivity index (χ1) is 14.5. The molecule has 2 saturated heterocycles. The molecule has 0 aromatic heterocycles. The van der Waals surface area contributed by atoms with E-state index in [-0.39, 0.29) is 28.3 Å². The van der Waals surface area contributed by atoms with Crippen LogP contribution in [-0.4, -0.2) is 44.3 Å². The zero-order valence-corrected chi connectivity index (χ0v) is 18.3. The fraction of sp³-hybridized carbons (Fsp3) is 0.960. The van der Waals surface area contributed by atoms with Crippen LogP contribution in [0.3, 0.4) is 0 Å². The molecule has 7 atom stereocenters. The summed E-state index contributed by atoms with van der Waals surface area (Å²) in [6.45, 7) is 5.48. The summed E-state index contributed by atoms with van der Waals surface area (Å²) in [6, 6.07) is 0. The third-order valence-corrected chi connectivity index (χ3v) is 11.1. The second-order valence-electron chi connectivity index (χ2n) is 11.9. The van der Waals surface area contributed by atoms with Crippen molar-refractivity contribution in [3.63, 3.8) is 0 Å². The van der Waals surface area contributed by atoms with Crippen LogP contribution in [0.15, 0.2) is 0 Å². The predicted molar refractivity (Wildman–Crippen MR) is 108 cm³/mol. The molecule has 0 radical (unpaired) electrons. The van der Waals surface area contributed by atoms with Crippen molar-refractivity contribution in [2.45, 2.75) is 83.2 Å². The monoisotopic (exact) mass is 416 g/mol. The molecule has 5 nitrogen and oxygen atoms in total. The standard InChI is InChI=1S/C25H36O5/c1-22-14-20(26)25-15-23(25)7-8-24(29-9-2-10-30-24)13-16(23)3-4-18(25)17(22)5-6-19(22)21-27-11-12-28-21/h16-19,21H,2-15H2,1H3/t16-,17-,18-,19+,22-,23+,25-/m0/s1. The zero-order valence-electron chi connectivity index (χ0n) is 18.3. The van der Waals surface area contributed by atoms with E-state index in [4.69, 9.17) is 18.9 Å². The lowest BCUT2D eigenvalue weighted by Crippen LogP contribution is -2.56. The molecule has 0 amide bonds. The topological polar surface area (TPSA) is 54.0 Å². The largest absolute Gasteiger partial charge is 0.350 e. The van der Waals surface area contributed by atoms with Crippen molar-refractivity contribution in [3.05, 3.63) is 0 Å². The van der Waals surface area contributed by atoms with Crippen molar-refractivity contribution in [3.8, 4) is 0 Å². The van der Waals surface area contributed by atoms with Crippen LogP contribution in [0.1, 0.15) is 71.1 Å². The Balaban J connectivity index is 1.18. The van der Waals surface area contributed by atoms with E-state index in [0.717, 1.165) is 58.2 Å². The molecule has 0 bridgehead atoms. The van der Waals surface area contributed by atoms with Crippen molar-refractivity contribution >= 4 is 5.78 Å². The molecule has 30 heavy (non-hydrogen) atoms. The van der Waals surface area contributed by atoms with E-state index in [1.54, 1.807) is 0 Å². The van der Waals surface area contributed by atoms with Crippen molar-refractivity contribution in [1.29, 1.82) is 0 Å². The van der Waals surface area contributed by atoms with Gasteiger partial charge in [0.15, 0.2) is 12.1 Å². The summed E-state index contributed by atoms with van der Waals surface area (Å²) in [5.41, 5.74) is 0.287. The number of carbonyl (C=O) groups excluding carboxylic acids is 1. The van der Waals surface area contributed by atoms with Crippen molar-refractivity contribution < 1.29 is 23.7 Å². The Bertz CT molecular complexity index is 755. The van der Waals surface area contributed by atoms with Crippen molar-refractivity contribution in [2.24, 2.45) is 39.9 Å². The summed E-state index contributed by atoms with van der Waals surface area (Å²) in [5, 5.41) is 0. The number of ketones is 1. The summed E-state index contributed by atoms with van der Waals surface area (Å²) in [5.74, 6) is 2.47. The Hall–Kier alpha value is -0.490. The predicted octanol–water partition coefficient (Wildman–Crippen LogP) is 4.08. The average molecular weight is 417 g/mol. The molecule has 0 unspecified atom stereocenters. The number of Topliss-reactive ketones (excluding diaryl/α,β-unsaturated/α-hetero) is 1. The Labute approximate surface area is 179 Å². The summed E-state index contributed by atoms with van der Waals surface area (Å²) >= 11 is 0. The van der Waals surface area contributed by atoms with Crippen LogP contribution >= 0.6 is 0 Å². The third kappa shape index (κ3) is 2.16. The molecule has 5 heteroatoms. The van der Waals surface area contributed by atoms with Crippen LogP contribution in [0.25, 0.3) is 0 Å². The van der Waals surface area contributed by atoms with E-state index in [1.165, 1.54) is 19.3 Å². The number of hydrogen-bond donors (Lipinski definition) is 0. The second kappa shape index (κ2) is 6.09. The highest BCUT2D eigenvalue weighted by Crippen LogP contribution is 2.84. The van der Waals surface area contributed by atoms with E-state index < -0.39 is 0 Å². The second-order valence-corrected chi connectivity index (χ2v) is 11.9. The molecule has 2 heterocycles. The molecule has 0 aromatic rings. The smallest absolute Gasteiger partial charge is 0.168 e. The van der Waals surface area contributed by atoms with E-state index in [1.807, 2.05) is 0 Å². The molecule has 3 spiro atoms. The fourth-order valence-electron chi connectivity index (χ4n) is 9.85. The van der Waals surface area contributed by atoms with Gasteiger partial charge >= 0.3 is 0 Å². The van der Waals surface area contributed by atoms with E-state index >= 15 is 0 Å². The van der Waals surface area contributed by atoms with Gasteiger partial charge in [0.05, 0.1) is 26.4 Å². The van der Waals surface area contributed by atoms with Gasteiger partial charge in [-0.05, 0) is 73.5 Å². The Morgan fingerprint density at radius 3 is 2.40 bits per heavy atom. The zero-order chi connectivity index (χ0) is 20.2. The maximum Gasteiger partial charge on any atom is 0.168 e. The summed E-state index contributed by atoms with van der Waals surface area (Å²) in [4.78, 5) is 14.0. The van der Waals surface area contributed by atoms with Crippen LogP contribution in [0.2, 0.25) is 0 Å². The van der Waals surface area contributed by atoms with Gasteiger partial charge in [0.1, 0.15) is 5.78 Å². The molecule has 0 aromatic carbocycles. The normalized spacial score (nSPS) is 54.4. The van der Waals surface area contributed by atoms with E-state index in [2.05, 4.69) is 6.92 Å². The Kier molecular flexibility index (Phi) is 3.86. The third-order valence-electron chi connectivity index (χ3n) is 11.1. The minimum absolute atomic E-state index is 0.0251. The minimum Gasteiger partial charge on any atom is -0.350 e. The number of ether oxygens (including phenoxy) is 4. The highest BCUT2D eigenvalue weighted by Gasteiger charge is 2.82. The fourth-order valence-corrected chi connectivity index (χ4v) is 9.85. The summed E-state index contributed by atoms with van der Waals surface area (Å²) < 4.78 is 24.3. The maximum absolute atomic E-state index is 14.0. The van der Waals surface area contributed by atoms with Gasteiger partial charge in [-0.3, -0.25) is 4.79 Å². The molecule has 2 aliphatic heterocycles. The number of fused-ring (bicyclic) bond motifs is 2. The SMILES string of the molecule is C[C@]12CC(=O)[C@@]34C[C@@]35CCC3(C[C@@H]5CC[C@H]4[C@@H]1CC[C@@H]2C1OCCO1)OCCCO3. The van der Waals surface area contributed by atoms with Crippen LogP contribution < -0.4 is 0 Å². The van der Waals surface area contributed by atoms with Gasteiger partial charge in [-0.2, -0.15) is 0 Å². The highest BCUT2D eigenvalue weighted by molar-refractivity contribution is 5.91. The van der Waals surface area contributed by atoms with Crippen LogP contribution in [0.5, 0.6) is 0 Å². The van der Waals surface area contributed by atoms with Crippen LogP contribution in [0.4, 0.5) is 0 Å². The molecule has 7 aliphatic rings. The lowest BCUT2D eigenvalue weighted by Gasteiger charge is -2.56. The maximum atomic E-state index is 14.0. The number of hydrogen-bond acceptors (Lipinski definition) is 5. The average Bonchev–Trinajstić information content (AvgIpc) is 2.99. The van der Waals surface area contributed by atoms with Crippen molar-refractivity contribution in [1.82, 2.24) is 0 Å². The number of rotatable bonds is 1. The highest BCUT2D eigenvalue weighted by atomic mass is 16.7. The first-order valence-electron chi connectivity index (χ1n) is 12.6. The molecule has 5 saturated carbocycles. The first kappa shape index (κ1) is 19.0. The van der Waals surface area contributed by atoms with E-state index in [9.17, 15) is 4.79 Å². The summed E-state index contributed by atoms with van der Waals surface area (Å²) in [7, 11) is 0. The number of carbonyl (C=O) groups is 1. The van der Waals surface area contributed by atoms with Gasteiger partial charge in [0.2, 0.25) is 0 Å². The molecule has 166 valence electrons. The molecule has 5 aliphatic carbocycles. The van der Waals surface area contributed by atoms with E-state index in [0.29, 0.717) is 42.7 Å². The van der Waals surface area contributed by atoms with Crippen molar-refractivity contribution in [2.75, 3.05) is 26.4 Å². The first-order valence-corrected chi connectivity index (χ1v) is 12.6. The molecule has 7 fully saturated rings. The quantitative estimate of drug-likeness (QED) is 0.645. The molecule has 7 rings (SSSR count).